The molecule has 0 aliphatic heterocycles. The Morgan fingerprint density at radius 3 is 2.33 bits per heavy atom. The molecule has 0 radical (unpaired) electrons. The Kier molecular flexibility index (Phi) is 6.88. The van der Waals surface area contributed by atoms with Gasteiger partial charge < -0.3 is 16.0 Å². The maximum absolute atomic E-state index is 12.6. The van der Waals surface area contributed by atoms with Crippen LogP contribution in [0.1, 0.15) is 31.4 Å². The number of carbonyl (C=O) groups excluding carboxylic acids is 3. The minimum atomic E-state index is -0.453. The van der Waals surface area contributed by atoms with E-state index >= 15 is 0 Å². The molecule has 0 aromatic heterocycles. The first-order chi connectivity index (χ1) is 12.9. The summed E-state index contributed by atoms with van der Waals surface area (Å²) in [5, 5.41) is 8.11. The van der Waals surface area contributed by atoms with E-state index in [4.69, 9.17) is 0 Å². The zero-order valence-electron chi connectivity index (χ0n) is 15.6. The van der Waals surface area contributed by atoms with Gasteiger partial charge in [0.05, 0.1) is 0 Å². The molecular weight excluding hydrogens is 342 g/mol. The van der Waals surface area contributed by atoms with Crippen molar-refractivity contribution in [3.63, 3.8) is 0 Å². The van der Waals surface area contributed by atoms with Gasteiger partial charge in [-0.2, -0.15) is 0 Å². The minimum absolute atomic E-state index is 0.107. The second kappa shape index (κ2) is 9.33. The Morgan fingerprint density at radius 2 is 1.70 bits per heavy atom. The molecule has 0 aliphatic rings. The van der Waals surface area contributed by atoms with Crippen molar-refractivity contribution in [1.82, 2.24) is 5.32 Å². The van der Waals surface area contributed by atoms with Gasteiger partial charge in [0.1, 0.15) is 5.70 Å². The summed E-state index contributed by atoms with van der Waals surface area (Å²) >= 11 is 0. The highest BCUT2D eigenvalue weighted by Gasteiger charge is 2.13. The first kappa shape index (κ1) is 19.9. The molecule has 0 fully saturated rings. The highest BCUT2D eigenvalue weighted by atomic mass is 16.2. The molecule has 0 unspecified atom stereocenters. The van der Waals surface area contributed by atoms with E-state index in [0.717, 1.165) is 11.1 Å². The third kappa shape index (κ3) is 6.11. The Morgan fingerprint density at radius 1 is 1.00 bits per heavy atom. The normalized spacial score (nSPS) is 10.9. The summed E-state index contributed by atoms with van der Waals surface area (Å²) in [6.07, 6.45) is 1.97. The molecule has 0 saturated carbocycles. The first-order valence-electron chi connectivity index (χ1n) is 8.65. The molecule has 0 atom stereocenters. The highest BCUT2D eigenvalue weighted by Crippen LogP contribution is 2.21. The average molecular weight is 365 g/mol. The molecule has 2 aromatic rings. The van der Waals surface area contributed by atoms with Gasteiger partial charge in [0.2, 0.25) is 11.8 Å². The Balaban J connectivity index is 2.24. The molecule has 6 heteroatoms. The van der Waals surface area contributed by atoms with Crippen molar-refractivity contribution in [3.8, 4) is 0 Å². The van der Waals surface area contributed by atoms with Crippen molar-refractivity contribution in [2.75, 3.05) is 10.6 Å². The van der Waals surface area contributed by atoms with E-state index in [0.29, 0.717) is 17.8 Å². The van der Waals surface area contributed by atoms with E-state index in [1.54, 1.807) is 31.2 Å². The number of benzene rings is 2. The topological polar surface area (TPSA) is 87.3 Å². The van der Waals surface area contributed by atoms with E-state index in [2.05, 4.69) is 16.0 Å². The number of amides is 3. The molecule has 0 aliphatic carbocycles. The number of anilines is 2. The van der Waals surface area contributed by atoms with Gasteiger partial charge in [-0.05, 0) is 36.3 Å². The van der Waals surface area contributed by atoms with Gasteiger partial charge in [0.25, 0.3) is 5.91 Å². The van der Waals surface area contributed by atoms with Crippen LogP contribution in [0.25, 0.3) is 6.08 Å². The smallest absolute Gasteiger partial charge is 0.272 e. The number of nitrogens with one attached hydrogen (secondary N) is 3. The molecule has 0 bridgehead atoms. The lowest BCUT2D eigenvalue weighted by molar-refractivity contribution is -0.120. The summed E-state index contributed by atoms with van der Waals surface area (Å²) in [6.45, 7) is 4.98. The van der Waals surface area contributed by atoms with E-state index in [1.807, 2.05) is 37.3 Å². The predicted molar refractivity (Wildman–Crippen MR) is 107 cm³/mol. The molecular formula is C21H23N3O3. The van der Waals surface area contributed by atoms with Crippen molar-refractivity contribution < 1.29 is 14.4 Å². The van der Waals surface area contributed by atoms with Crippen LogP contribution >= 0.6 is 0 Å². The van der Waals surface area contributed by atoms with E-state index in [1.165, 1.54) is 6.92 Å². The van der Waals surface area contributed by atoms with Crippen LogP contribution < -0.4 is 16.0 Å². The zero-order chi connectivity index (χ0) is 19.8. The minimum Gasteiger partial charge on any atom is -0.326 e. The predicted octanol–water partition coefficient (Wildman–Crippen LogP) is 3.46. The number of carbonyl (C=O) groups is 3. The lowest BCUT2D eigenvalue weighted by Crippen LogP contribution is -2.29. The van der Waals surface area contributed by atoms with E-state index in [9.17, 15) is 14.4 Å². The van der Waals surface area contributed by atoms with Crippen molar-refractivity contribution in [2.45, 2.75) is 27.2 Å². The third-order valence-electron chi connectivity index (χ3n) is 3.76. The molecule has 0 spiro atoms. The number of rotatable bonds is 6. The standard InChI is InChI=1S/C21H23N3O3/c1-4-20(26)24-18-13-17(11-10-14(18)2)23-21(27)19(22-15(3)25)12-16-8-6-5-7-9-16/h5-13H,4H2,1-3H3,(H,22,25)(H,23,27)(H,24,26)/b19-12-. The van der Waals surface area contributed by atoms with Crippen molar-refractivity contribution in [2.24, 2.45) is 0 Å². The summed E-state index contributed by atoms with van der Waals surface area (Å²) in [6, 6.07) is 14.5. The molecule has 27 heavy (non-hydrogen) atoms. The maximum Gasteiger partial charge on any atom is 0.272 e. The summed E-state index contributed by atoms with van der Waals surface area (Å²) < 4.78 is 0. The Hall–Kier alpha value is -3.41. The molecule has 3 N–H and O–H groups in total. The van der Waals surface area contributed by atoms with E-state index < -0.39 is 5.91 Å². The fourth-order valence-corrected chi connectivity index (χ4v) is 2.34. The van der Waals surface area contributed by atoms with Crippen LogP contribution in [0.2, 0.25) is 0 Å². The van der Waals surface area contributed by atoms with Gasteiger partial charge in [0.15, 0.2) is 0 Å². The van der Waals surface area contributed by atoms with Gasteiger partial charge in [0, 0.05) is 24.7 Å². The molecule has 3 amide bonds. The van der Waals surface area contributed by atoms with Crippen molar-refractivity contribution in [3.05, 3.63) is 65.4 Å². The van der Waals surface area contributed by atoms with E-state index in [-0.39, 0.29) is 17.5 Å². The first-order valence-corrected chi connectivity index (χ1v) is 8.65. The quantitative estimate of drug-likeness (QED) is 0.685. The number of hydrogen-bond donors (Lipinski definition) is 3. The summed E-state index contributed by atoms with van der Waals surface area (Å²) in [5.74, 6) is -0.901. The van der Waals surface area contributed by atoms with Crippen molar-refractivity contribution in [1.29, 1.82) is 0 Å². The Bertz CT molecular complexity index is 873. The molecule has 6 nitrogen and oxygen atoms in total. The van der Waals surface area contributed by atoms with Gasteiger partial charge in [-0.15, -0.1) is 0 Å². The summed E-state index contributed by atoms with van der Waals surface area (Å²) in [5.41, 5.74) is 2.95. The summed E-state index contributed by atoms with van der Waals surface area (Å²) in [4.78, 5) is 35.8. The van der Waals surface area contributed by atoms with Crippen LogP contribution in [0.15, 0.2) is 54.2 Å². The van der Waals surface area contributed by atoms with Gasteiger partial charge >= 0.3 is 0 Å². The van der Waals surface area contributed by atoms with Crippen LogP contribution in [0.5, 0.6) is 0 Å². The van der Waals surface area contributed by atoms with Crippen LogP contribution in [0.3, 0.4) is 0 Å². The monoisotopic (exact) mass is 365 g/mol. The zero-order valence-corrected chi connectivity index (χ0v) is 15.6. The molecule has 2 rings (SSSR count). The Labute approximate surface area is 158 Å². The van der Waals surface area contributed by atoms with Crippen LogP contribution in [-0.4, -0.2) is 17.7 Å². The molecule has 0 heterocycles. The van der Waals surface area contributed by atoms with Crippen LogP contribution in [0.4, 0.5) is 11.4 Å². The number of aryl methyl sites for hydroxylation is 1. The van der Waals surface area contributed by atoms with Gasteiger partial charge in [-0.25, -0.2) is 0 Å². The van der Waals surface area contributed by atoms with Crippen LogP contribution in [0, 0.1) is 6.92 Å². The van der Waals surface area contributed by atoms with Crippen LogP contribution in [-0.2, 0) is 14.4 Å². The summed E-state index contributed by atoms with van der Waals surface area (Å²) in [7, 11) is 0. The highest BCUT2D eigenvalue weighted by molar-refractivity contribution is 6.08. The number of hydrogen-bond acceptors (Lipinski definition) is 3. The molecule has 140 valence electrons. The second-order valence-corrected chi connectivity index (χ2v) is 6.04. The molecule has 0 saturated heterocycles. The maximum atomic E-state index is 12.6. The fraction of sp³-hybridized carbons (Fsp3) is 0.190. The largest absolute Gasteiger partial charge is 0.326 e. The fourth-order valence-electron chi connectivity index (χ4n) is 2.34. The van der Waals surface area contributed by atoms with Crippen molar-refractivity contribution >= 4 is 35.2 Å². The lowest BCUT2D eigenvalue weighted by atomic mass is 10.1. The molecule has 2 aromatic carbocycles. The third-order valence-corrected chi connectivity index (χ3v) is 3.76. The van der Waals surface area contributed by atoms with Gasteiger partial charge in [-0.1, -0.05) is 43.3 Å². The second-order valence-electron chi connectivity index (χ2n) is 6.04. The lowest BCUT2D eigenvalue weighted by Gasteiger charge is -2.13. The average Bonchev–Trinajstić information content (AvgIpc) is 2.64. The van der Waals surface area contributed by atoms with Gasteiger partial charge in [-0.3, -0.25) is 14.4 Å². The SMILES string of the molecule is CCC(=O)Nc1cc(NC(=O)/C(=C/c2ccccc2)NC(C)=O)ccc1C.